The maximum atomic E-state index is 11.0. The minimum Gasteiger partial charge on any atom is -0.508 e. The van der Waals surface area contributed by atoms with Gasteiger partial charge in [-0.25, -0.2) is 5.90 Å². The van der Waals surface area contributed by atoms with E-state index in [1.165, 1.54) is 37.3 Å². The fraction of sp³-hybridized carbons (Fsp3) is 0.188. The zero-order valence-corrected chi connectivity index (χ0v) is 31.3. The van der Waals surface area contributed by atoms with E-state index in [4.69, 9.17) is 10.7 Å². The Morgan fingerprint density at radius 2 is 1.17 bits per heavy atom. The Kier molecular flexibility index (Phi) is 17.9. The predicted molar refractivity (Wildman–Crippen MR) is 201 cm³/mol. The second-order valence-electron chi connectivity index (χ2n) is 9.90. The molecule has 0 bridgehead atoms. The number of carbonyl (C=O) groups excluding carboxylic acids is 1. The summed E-state index contributed by atoms with van der Waals surface area (Å²) in [4.78, 5) is 40.6. The number of aryl methyl sites for hydroxylation is 2. The van der Waals surface area contributed by atoms with E-state index in [1.807, 2.05) is 13.0 Å². The minimum absolute atomic E-state index is 0. The summed E-state index contributed by atoms with van der Waals surface area (Å²) >= 11 is 4.27. The van der Waals surface area contributed by atoms with Crippen molar-refractivity contribution in [1.29, 1.82) is 0 Å². The van der Waals surface area contributed by atoms with Crippen molar-refractivity contribution in [3.05, 3.63) is 134 Å². The van der Waals surface area contributed by atoms with Gasteiger partial charge in [-0.2, -0.15) is 0 Å². The molecule has 4 aromatic rings. The maximum Gasteiger partial charge on any atom is 0.269 e. The molecule has 48 heavy (non-hydrogen) atoms. The number of ketones is 1. The summed E-state index contributed by atoms with van der Waals surface area (Å²) in [5.41, 5.74) is 5.33. The van der Waals surface area contributed by atoms with Gasteiger partial charge in [-0.1, -0.05) is 5.16 Å². The van der Waals surface area contributed by atoms with Crippen molar-refractivity contribution in [2.75, 3.05) is 0 Å². The monoisotopic (exact) mass is 906 g/mol. The van der Waals surface area contributed by atoms with Gasteiger partial charge in [0.1, 0.15) is 18.1 Å². The first-order chi connectivity index (χ1) is 22.1. The van der Waals surface area contributed by atoms with Crippen molar-refractivity contribution >= 4 is 80.5 Å². The van der Waals surface area contributed by atoms with E-state index in [9.17, 15) is 35.2 Å². The molecule has 0 spiro atoms. The van der Waals surface area contributed by atoms with E-state index < -0.39 is 9.85 Å². The van der Waals surface area contributed by atoms with Gasteiger partial charge >= 0.3 is 0 Å². The summed E-state index contributed by atoms with van der Waals surface area (Å²) in [6.07, 6.45) is 0. The van der Waals surface area contributed by atoms with Crippen molar-refractivity contribution in [2.24, 2.45) is 11.1 Å². The van der Waals surface area contributed by atoms with Gasteiger partial charge < -0.3 is 15.1 Å². The van der Waals surface area contributed by atoms with Crippen LogP contribution in [0.5, 0.6) is 11.5 Å². The smallest absolute Gasteiger partial charge is 0.269 e. The fourth-order valence-electron chi connectivity index (χ4n) is 3.65. The third kappa shape index (κ3) is 13.3. The van der Waals surface area contributed by atoms with Gasteiger partial charge in [0, 0.05) is 42.5 Å². The zero-order chi connectivity index (χ0) is 35.3. The molecule has 0 aliphatic carbocycles. The molecule has 0 heterocycles. The van der Waals surface area contributed by atoms with E-state index >= 15 is 0 Å². The van der Waals surface area contributed by atoms with Crippen LogP contribution in [-0.2, 0) is 22.9 Å². The Hall–Kier alpha value is -3.91. The van der Waals surface area contributed by atoms with Crippen LogP contribution in [0.4, 0.5) is 11.4 Å². The number of nitro benzene ring substituents is 2. The molecule has 0 aromatic heterocycles. The molecular formula is C32H33ClI2N4O9. The number of oxime groups is 1. The van der Waals surface area contributed by atoms with Crippen LogP contribution >= 0.6 is 57.6 Å². The number of non-ortho nitro benzene ring substituents is 2. The quantitative estimate of drug-likeness (QED) is 0.0485. The standard InChI is InChI=1S/C16H15IN2O4.C9H9IO2.C7H8N2O3.ClH/c1-10-7-15(17)14(8-16(10)20)11(2)18-23-9-12-3-5-13(6-4-12)19(21)22;1-5-3-8(10)7(6(2)11)4-9(5)12;8-12-5-6-1-3-7(4-2-6)9(10)11;/h3-8,20H,9H2,1-2H3;3-4,12H,1-2H3;1-4H,5,8H2;1H. The van der Waals surface area contributed by atoms with Crippen LogP contribution in [0.3, 0.4) is 0 Å². The number of phenols is 2. The maximum absolute atomic E-state index is 11.0. The Labute approximate surface area is 310 Å². The molecule has 0 aliphatic heterocycles. The number of nitro groups is 2. The number of Topliss-reactive ketones (excluding diaryl/α,β-unsaturated/α-hetero) is 1. The summed E-state index contributed by atoms with van der Waals surface area (Å²) < 4.78 is 1.86. The average Bonchev–Trinajstić information content (AvgIpc) is 3.02. The Balaban J connectivity index is 0.000000390. The normalized spacial score (nSPS) is 10.4. The Morgan fingerprint density at radius 1 is 0.771 bits per heavy atom. The SMILES string of the molecule is CC(=NOCc1ccc([N+](=O)[O-])cc1)c1cc(O)c(C)cc1I.CC(=O)c1cc(O)c(C)cc1I.Cl.NOCc1ccc([N+](=O)[O-])cc1. The summed E-state index contributed by atoms with van der Waals surface area (Å²) in [5.74, 6) is 5.20. The molecule has 13 nitrogen and oxygen atoms in total. The van der Waals surface area contributed by atoms with Gasteiger partial charge in [0.15, 0.2) is 5.78 Å². The number of benzene rings is 4. The molecule has 4 N–H and O–H groups in total. The Bertz CT molecular complexity index is 1750. The molecule has 0 fully saturated rings. The van der Waals surface area contributed by atoms with Crippen LogP contribution in [-0.4, -0.2) is 31.6 Å². The number of halogens is 3. The van der Waals surface area contributed by atoms with Crippen molar-refractivity contribution in [2.45, 2.75) is 40.9 Å². The molecular weight excluding hydrogens is 874 g/mol. The van der Waals surface area contributed by atoms with Gasteiger partial charge in [0.05, 0.1) is 22.2 Å². The van der Waals surface area contributed by atoms with Crippen LogP contribution in [0.2, 0.25) is 0 Å². The molecule has 4 rings (SSSR count). The summed E-state index contributed by atoms with van der Waals surface area (Å²) in [5, 5.41) is 44.0. The largest absolute Gasteiger partial charge is 0.508 e. The van der Waals surface area contributed by atoms with E-state index in [1.54, 1.807) is 50.2 Å². The molecule has 0 amide bonds. The van der Waals surface area contributed by atoms with E-state index in [-0.39, 0.29) is 54.3 Å². The lowest BCUT2D eigenvalue weighted by Gasteiger charge is -2.07. The minimum atomic E-state index is -0.451. The predicted octanol–water partition coefficient (Wildman–Crippen LogP) is 8.07. The van der Waals surface area contributed by atoms with Crippen molar-refractivity contribution in [3.63, 3.8) is 0 Å². The molecule has 16 heteroatoms. The summed E-state index contributed by atoms with van der Waals surface area (Å²) in [6, 6.07) is 19.0. The van der Waals surface area contributed by atoms with E-state index in [2.05, 4.69) is 55.2 Å². The lowest BCUT2D eigenvalue weighted by atomic mass is 10.1. The first-order valence-electron chi connectivity index (χ1n) is 13.6. The first kappa shape index (κ1) is 42.1. The number of aromatic hydroxyl groups is 2. The molecule has 4 aromatic carbocycles. The van der Waals surface area contributed by atoms with Crippen molar-refractivity contribution < 1.29 is 34.5 Å². The summed E-state index contributed by atoms with van der Waals surface area (Å²) in [6.45, 7) is 7.40. The van der Waals surface area contributed by atoms with Gasteiger partial charge in [0.2, 0.25) is 0 Å². The Morgan fingerprint density at radius 3 is 1.56 bits per heavy atom. The van der Waals surface area contributed by atoms with E-state index in [0.717, 1.165) is 35.0 Å². The number of hydrogen-bond donors (Lipinski definition) is 3. The van der Waals surface area contributed by atoms with Crippen LogP contribution < -0.4 is 5.90 Å². The third-order valence-electron chi connectivity index (χ3n) is 6.32. The lowest BCUT2D eigenvalue weighted by Crippen LogP contribution is -2.00. The van der Waals surface area contributed by atoms with Crippen molar-refractivity contribution in [1.82, 2.24) is 0 Å². The van der Waals surface area contributed by atoms with Crippen LogP contribution in [0, 0.1) is 41.2 Å². The fourth-order valence-corrected chi connectivity index (χ4v) is 5.66. The highest BCUT2D eigenvalue weighted by molar-refractivity contribution is 14.1. The number of nitrogens with zero attached hydrogens (tertiary/aromatic N) is 3. The molecule has 0 saturated heterocycles. The highest BCUT2D eigenvalue weighted by atomic mass is 127. The summed E-state index contributed by atoms with van der Waals surface area (Å²) in [7, 11) is 0. The first-order valence-corrected chi connectivity index (χ1v) is 15.7. The molecule has 0 unspecified atom stereocenters. The second-order valence-corrected chi connectivity index (χ2v) is 12.2. The van der Waals surface area contributed by atoms with Gasteiger partial charge in [-0.15, -0.1) is 12.4 Å². The second kappa shape index (κ2) is 20.5. The van der Waals surface area contributed by atoms with Gasteiger partial charge in [-0.3, -0.25) is 29.9 Å². The third-order valence-corrected chi connectivity index (χ3v) is 8.10. The van der Waals surface area contributed by atoms with Crippen LogP contribution in [0.15, 0.2) is 78.0 Å². The van der Waals surface area contributed by atoms with Crippen LogP contribution in [0.1, 0.15) is 52.0 Å². The zero-order valence-electron chi connectivity index (χ0n) is 26.2. The highest BCUT2D eigenvalue weighted by Crippen LogP contribution is 2.25. The molecule has 0 radical (unpaired) electrons. The van der Waals surface area contributed by atoms with Crippen molar-refractivity contribution in [3.8, 4) is 11.5 Å². The van der Waals surface area contributed by atoms with Gasteiger partial charge in [0.25, 0.3) is 11.4 Å². The lowest BCUT2D eigenvalue weighted by molar-refractivity contribution is -0.385. The molecule has 0 atom stereocenters. The van der Waals surface area contributed by atoms with Crippen LogP contribution in [0.25, 0.3) is 0 Å². The molecule has 0 aliphatic rings. The topological polar surface area (TPSA) is 201 Å². The number of phenolic OH excluding ortho intramolecular Hbond substituents is 2. The number of carbonyl (C=O) groups is 1. The molecule has 256 valence electrons. The van der Waals surface area contributed by atoms with Gasteiger partial charge in [-0.05, 0) is 144 Å². The highest BCUT2D eigenvalue weighted by Gasteiger charge is 2.10. The average molecular weight is 907 g/mol. The number of nitrogens with two attached hydrogens (primary N) is 1. The van der Waals surface area contributed by atoms with E-state index in [0.29, 0.717) is 11.3 Å². The number of hydrogen-bond acceptors (Lipinski definition) is 11. The molecule has 0 saturated carbocycles. The number of rotatable bonds is 9.